The lowest BCUT2D eigenvalue weighted by molar-refractivity contribution is 0.705. The second-order valence-corrected chi connectivity index (χ2v) is 8.31. The van der Waals surface area contributed by atoms with Crippen molar-refractivity contribution in [2.75, 3.05) is 0 Å². The first-order valence-corrected chi connectivity index (χ1v) is 10.2. The number of thiazole rings is 1. The maximum Gasteiger partial charge on any atom is 0.331 e. The fraction of sp³-hybridized carbons (Fsp3) is 0.250. The van der Waals surface area contributed by atoms with Gasteiger partial charge in [-0.3, -0.25) is 13.9 Å². The molecule has 0 radical (unpaired) electrons. The molecule has 4 heterocycles. The topological polar surface area (TPSA) is 61.8 Å². The summed E-state index contributed by atoms with van der Waals surface area (Å²) in [6, 6.07) is 9.87. The predicted molar refractivity (Wildman–Crippen MR) is 111 cm³/mol. The number of benzene rings is 1. The normalized spacial score (nSPS) is 16.0. The van der Waals surface area contributed by atoms with Gasteiger partial charge in [-0.2, -0.15) is 0 Å². The van der Waals surface area contributed by atoms with Gasteiger partial charge in [-0.05, 0) is 12.0 Å². The van der Waals surface area contributed by atoms with Crippen LogP contribution >= 0.6 is 22.9 Å². The van der Waals surface area contributed by atoms with E-state index in [0.29, 0.717) is 16.1 Å². The summed E-state index contributed by atoms with van der Waals surface area (Å²) in [4.78, 5) is 30.3. The van der Waals surface area contributed by atoms with Crippen molar-refractivity contribution in [2.45, 2.75) is 18.9 Å². The molecule has 5 rings (SSSR count). The number of nitrogens with zero attached hydrogens (tertiary/aromatic N) is 4. The summed E-state index contributed by atoms with van der Waals surface area (Å²) in [5.74, 6) is 0.00942. The number of halogens is 1. The molecule has 1 aromatic carbocycles. The lowest BCUT2D eigenvalue weighted by Gasteiger charge is -2.10. The summed E-state index contributed by atoms with van der Waals surface area (Å²) >= 11 is 7.59. The number of hydrogen-bond acceptors (Lipinski definition) is 4. The van der Waals surface area contributed by atoms with Crippen molar-refractivity contribution in [1.29, 1.82) is 0 Å². The standard InChI is InChI=1S/C20H17ClN4O2S/c1-23-17-14(19(26)24(2)20(23)27)15(11-6-4-3-5-7-11)25-9-8-12(16(17)25)18-22-13(21)10-28-18/h3-7,10,12H,8-9H2,1-2H3/t12-/m0/s1. The van der Waals surface area contributed by atoms with E-state index in [-0.39, 0.29) is 17.2 Å². The average molecular weight is 413 g/mol. The summed E-state index contributed by atoms with van der Waals surface area (Å²) < 4.78 is 4.95. The Kier molecular flexibility index (Phi) is 3.86. The molecule has 1 aliphatic heterocycles. The van der Waals surface area contributed by atoms with E-state index in [4.69, 9.17) is 11.6 Å². The van der Waals surface area contributed by atoms with Crippen LogP contribution in [0.5, 0.6) is 0 Å². The minimum Gasteiger partial charge on any atom is -0.341 e. The zero-order valence-corrected chi connectivity index (χ0v) is 16.9. The van der Waals surface area contributed by atoms with Crippen LogP contribution in [-0.2, 0) is 20.6 Å². The summed E-state index contributed by atoms with van der Waals surface area (Å²) in [6.07, 6.45) is 0.859. The van der Waals surface area contributed by atoms with Gasteiger partial charge in [-0.15, -0.1) is 11.3 Å². The Balaban J connectivity index is 1.95. The molecule has 0 amide bonds. The van der Waals surface area contributed by atoms with Crippen molar-refractivity contribution < 1.29 is 0 Å². The van der Waals surface area contributed by atoms with E-state index < -0.39 is 0 Å². The third kappa shape index (κ3) is 2.29. The number of aromatic nitrogens is 4. The Labute approximate surface area is 169 Å². The first kappa shape index (κ1) is 17.5. The smallest absolute Gasteiger partial charge is 0.331 e. The van der Waals surface area contributed by atoms with Gasteiger partial charge in [-0.1, -0.05) is 41.9 Å². The summed E-state index contributed by atoms with van der Waals surface area (Å²) in [7, 11) is 3.25. The van der Waals surface area contributed by atoms with Gasteiger partial charge in [0.2, 0.25) is 0 Å². The molecule has 142 valence electrons. The Morgan fingerprint density at radius 3 is 2.57 bits per heavy atom. The van der Waals surface area contributed by atoms with Crippen LogP contribution in [0.3, 0.4) is 0 Å². The van der Waals surface area contributed by atoms with Crippen molar-refractivity contribution in [3.63, 3.8) is 0 Å². The molecule has 1 aliphatic rings. The Hall–Kier alpha value is -2.64. The predicted octanol–water partition coefficient (Wildman–Crippen LogP) is 3.35. The van der Waals surface area contributed by atoms with Crippen LogP contribution in [0.25, 0.3) is 22.2 Å². The Morgan fingerprint density at radius 2 is 1.89 bits per heavy atom. The van der Waals surface area contributed by atoms with E-state index in [1.165, 1.54) is 23.0 Å². The van der Waals surface area contributed by atoms with Crippen LogP contribution < -0.4 is 11.2 Å². The summed E-state index contributed by atoms with van der Waals surface area (Å²) in [5, 5.41) is 3.79. The van der Waals surface area contributed by atoms with Crippen LogP contribution in [-0.4, -0.2) is 18.7 Å². The van der Waals surface area contributed by atoms with Gasteiger partial charge in [0.25, 0.3) is 5.56 Å². The lowest BCUT2D eigenvalue weighted by atomic mass is 10.0. The molecule has 1 atom stereocenters. The van der Waals surface area contributed by atoms with Crippen molar-refractivity contribution >= 4 is 33.8 Å². The Bertz CT molecular complexity index is 1350. The van der Waals surface area contributed by atoms with Gasteiger partial charge < -0.3 is 4.57 Å². The lowest BCUT2D eigenvalue weighted by Crippen LogP contribution is -2.37. The van der Waals surface area contributed by atoms with Gasteiger partial charge in [-0.25, -0.2) is 9.78 Å². The molecule has 0 bridgehead atoms. The van der Waals surface area contributed by atoms with Crippen LogP contribution in [0, 0.1) is 0 Å². The molecule has 4 aromatic rings. The monoisotopic (exact) mass is 412 g/mol. The molecule has 0 saturated carbocycles. The number of rotatable bonds is 2. The highest BCUT2D eigenvalue weighted by molar-refractivity contribution is 7.10. The SMILES string of the molecule is Cn1c(=O)c2c(-c3ccccc3)n3c(c2n(C)c1=O)[C@@H](c1nc(Cl)cs1)CC3. The Morgan fingerprint density at radius 1 is 1.14 bits per heavy atom. The quantitative estimate of drug-likeness (QED) is 0.507. The van der Waals surface area contributed by atoms with Crippen LogP contribution in [0.4, 0.5) is 0 Å². The van der Waals surface area contributed by atoms with E-state index in [0.717, 1.165) is 34.9 Å². The highest BCUT2D eigenvalue weighted by Gasteiger charge is 2.35. The van der Waals surface area contributed by atoms with Crippen molar-refractivity contribution in [1.82, 2.24) is 18.7 Å². The molecule has 28 heavy (non-hydrogen) atoms. The highest BCUT2D eigenvalue weighted by atomic mass is 35.5. The third-order valence-electron chi connectivity index (χ3n) is 5.52. The van der Waals surface area contributed by atoms with E-state index in [2.05, 4.69) is 9.55 Å². The van der Waals surface area contributed by atoms with Crippen molar-refractivity contribution in [3.05, 3.63) is 72.4 Å². The summed E-state index contributed by atoms with van der Waals surface area (Å²) in [6.45, 7) is 0.757. The molecule has 6 nitrogen and oxygen atoms in total. The fourth-order valence-electron chi connectivity index (χ4n) is 4.28. The largest absolute Gasteiger partial charge is 0.341 e. The highest BCUT2D eigenvalue weighted by Crippen LogP contribution is 2.44. The molecule has 0 N–H and O–H groups in total. The average Bonchev–Trinajstić information content (AvgIpc) is 3.39. The van der Waals surface area contributed by atoms with Gasteiger partial charge in [0, 0.05) is 26.0 Å². The van der Waals surface area contributed by atoms with E-state index in [9.17, 15) is 9.59 Å². The zero-order valence-electron chi connectivity index (χ0n) is 15.3. The van der Waals surface area contributed by atoms with Crippen molar-refractivity contribution in [3.8, 4) is 11.3 Å². The van der Waals surface area contributed by atoms with Crippen LogP contribution in [0.2, 0.25) is 5.15 Å². The minimum atomic E-state index is -0.326. The molecule has 0 fully saturated rings. The second-order valence-electron chi connectivity index (χ2n) is 7.03. The van der Waals surface area contributed by atoms with E-state index in [1.54, 1.807) is 11.6 Å². The van der Waals surface area contributed by atoms with Crippen LogP contribution in [0.1, 0.15) is 23.0 Å². The molecule has 3 aromatic heterocycles. The molecule has 0 unspecified atom stereocenters. The van der Waals surface area contributed by atoms with Crippen LogP contribution in [0.15, 0.2) is 45.3 Å². The zero-order chi connectivity index (χ0) is 19.6. The molecule has 0 saturated heterocycles. The maximum atomic E-state index is 13.2. The molecule has 0 aliphatic carbocycles. The number of hydrogen-bond donors (Lipinski definition) is 0. The molecular weight excluding hydrogens is 396 g/mol. The maximum absolute atomic E-state index is 13.2. The van der Waals surface area contributed by atoms with Gasteiger partial charge in [0.05, 0.1) is 28.2 Å². The number of fused-ring (bicyclic) bond motifs is 3. The first-order valence-electron chi connectivity index (χ1n) is 8.97. The minimum absolute atomic E-state index is 0.00942. The molecule has 0 spiro atoms. The second kappa shape index (κ2) is 6.18. The van der Waals surface area contributed by atoms with Crippen molar-refractivity contribution in [2.24, 2.45) is 14.1 Å². The van der Waals surface area contributed by atoms with Gasteiger partial charge in [0.1, 0.15) is 10.2 Å². The first-order chi connectivity index (χ1) is 13.5. The third-order valence-corrected chi connectivity index (χ3v) is 6.80. The molecular formula is C20H17ClN4O2S. The van der Waals surface area contributed by atoms with E-state index >= 15 is 0 Å². The molecule has 8 heteroatoms. The van der Waals surface area contributed by atoms with Gasteiger partial charge >= 0.3 is 5.69 Å². The summed E-state index contributed by atoms with van der Waals surface area (Å²) in [5.41, 5.74) is 2.90. The van der Waals surface area contributed by atoms with E-state index in [1.807, 2.05) is 35.7 Å². The van der Waals surface area contributed by atoms with Gasteiger partial charge in [0.15, 0.2) is 0 Å². The fourth-order valence-corrected chi connectivity index (χ4v) is 5.38. The number of aryl methyl sites for hydroxylation is 1.